The van der Waals surface area contributed by atoms with Crippen LogP contribution in [0.25, 0.3) is 11.3 Å². The zero-order valence-corrected chi connectivity index (χ0v) is 17.1. The molecule has 5 heteroatoms. The number of anilines is 2. The van der Waals surface area contributed by atoms with Gasteiger partial charge in [-0.25, -0.2) is 0 Å². The van der Waals surface area contributed by atoms with Crippen LogP contribution in [0.5, 0.6) is 0 Å². The number of amides is 1. The summed E-state index contributed by atoms with van der Waals surface area (Å²) in [7, 11) is 4.10. The van der Waals surface area contributed by atoms with Crippen LogP contribution in [0.1, 0.15) is 16.7 Å². The van der Waals surface area contributed by atoms with E-state index >= 15 is 0 Å². The van der Waals surface area contributed by atoms with Crippen molar-refractivity contribution in [2.75, 3.05) is 24.7 Å². The summed E-state index contributed by atoms with van der Waals surface area (Å²) >= 11 is 6.11. The van der Waals surface area contributed by atoms with Crippen LogP contribution in [0.15, 0.2) is 72.8 Å². The van der Waals surface area contributed by atoms with E-state index in [0.29, 0.717) is 10.6 Å². The zero-order valence-electron chi connectivity index (χ0n) is 16.4. The van der Waals surface area contributed by atoms with Gasteiger partial charge in [0.15, 0.2) is 0 Å². The second-order valence-corrected chi connectivity index (χ2v) is 7.76. The van der Waals surface area contributed by atoms with E-state index in [0.717, 1.165) is 34.7 Å². The Labute approximate surface area is 175 Å². The summed E-state index contributed by atoms with van der Waals surface area (Å²) in [5, 5.41) is 7.00. The fraction of sp³-hybridized carbons (Fsp3) is 0.125. The van der Waals surface area contributed by atoms with Crippen molar-refractivity contribution in [3.63, 3.8) is 0 Å². The molecule has 2 N–H and O–H groups in total. The maximum atomic E-state index is 12.9. The third-order valence-corrected chi connectivity index (χ3v) is 5.00. The van der Waals surface area contributed by atoms with Crippen molar-refractivity contribution < 1.29 is 4.79 Å². The highest BCUT2D eigenvalue weighted by molar-refractivity contribution is 6.38. The third-order valence-electron chi connectivity index (χ3n) is 4.76. The average Bonchev–Trinajstić information content (AvgIpc) is 3.02. The Bertz CT molecular complexity index is 1070. The summed E-state index contributed by atoms with van der Waals surface area (Å²) in [6.45, 7) is 0.878. The molecular formula is C24H22ClN3O. The van der Waals surface area contributed by atoms with Crippen molar-refractivity contribution in [1.29, 1.82) is 0 Å². The monoisotopic (exact) mass is 403 g/mol. The number of rotatable bonds is 5. The van der Waals surface area contributed by atoms with Crippen molar-refractivity contribution in [1.82, 2.24) is 4.90 Å². The van der Waals surface area contributed by atoms with Crippen LogP contribution in [0.2, 0.25) is 5.02 Å². The number of fused-ring (bicyclic) bond motifs is 1. The lowest BCUT2D eigenvalue weighted by Gasteiger charge is -2.16. The topological polar surface area (TPSA) is 44.4 Å². The molecule has 0 unspecified atom stereocenters. The molecule has 0 bridgehead atoms. The lowest BCUT2D eigenvalue weighted by molar-refractivity contribution is -0.110. The van der Waals surface area contributed by atoms with Crippen LogP contribution < -0.4 is 10.6 Å². The number of hydrogen-bond acceptors (Lipinski definition) is 3. The molecule has 1 amide bonds. The fourth-order valence-corrected chi connectivity index (χ4v) is 3.65. The minimum absolute atomic E-state index is 0.141. The molecule has 3 aromatic rings. The van der Waals surface area contributed by atoms with Gasteiger partial charge < -0.3 is 15.5 Å². The van der Waals surface area contributed by atoms with Crippen LogP contribution in [-0.2, 0) is 11.3 Å². The van der Waals surface area contributed by atoms with E-state index in [2.05, 4.69) is 27.7 Å². The molecule has 146 valence electrons. The lowest BCUT2D eigenvalue weighted by Crippen LogP contribution is -2.11. The number of nitrogens with zero attached hydrogens (tertiary/aromatic N) is 1. The molecule has 0 fully saturated rings. The highest BCUT2D eigenvalue weighted by atomic mass is 35.5. The van der Waals surface area contributed by atoms with Gasteiger partial charge in [-0.1, -0.05) is 60.1 Å². The maximum Gasteiger partial charge on any atom is 0.258 e. The second kappa shape index (κ2) is 8.11. The number of nitrogens with one attached hydrogen (secondary N) is 2. The summed E-state index contributed by atoms with van der Waals surface area (Å²) < 4.78 is 0. The van der Waals surface area contributed by atoms with E-state index in [1.165, 1.54) is 5.56 Å². The highest BCUT2D eigenvalue weighted by Crippen LogP contribution is 2.38. The first-order valence-electron chi connectivity index (χ1n) is 9.43. The molecule has 4 rings (SSSR count). The molecule has 1 heterocycles. The van der Waals surface area contributed by atoms with Crippen LogP contribution >= 0.6 is 11.6 Å². The van der Waals surface area contributed by atoms with Crippen molar-refractivity contribution >= 4 is 40.2 Å². The molecule has 0 radical (unpaired) electrons. The summed E-state index contributed by atoms with van der Waals surface area (Å²) in [5.41, 5.74) is 6.05. The Morgan fingerprint density at radius 2 is 1.72 bits per heavy atom. The lowest BCUT2D eigenvalue weighted by atomic mass is 10.00. The maximum absolute atomic E-state index is 12.9. The van der Waals surface area contributed by atoms with Crippen molar-refractivity contribution in [2.24, 2.45) is 0 Å². The third kappa shape index (κ3) is 4.19. The SMILES string of the molecule is CN(C)Cc1ccc(N/C(=C2\C(=O)Nc3cc(Cl)ccc32)c2ccccc2)cc1. The first kappa shape index (κ1) is 19.2. The standard InChI is InChI=1S/C24H22ClN3O/c1-28(2)15-16-8-11-19(12-9-16)26-23(17-6-4-3-5-7-17)22-20-13-10-18(25)14-21(20)27-24(22)29/h3-14,26H,15H2,1-2H3,(H,27,29)/b23-22-. The van der Waals surface area contributed by atoms with E-state index in [1.807, 2.05) is 62.6 Å². The zero-order chi connectivity index (χ0) is 20.4. The van der Waals surface area contributed by atoms with Crippen molar-refractivity contribution in [3.05, 3.63) is 94.5 Å². The Kier molecular flexibility index (Phi) is 5.38. The van der Waals surface area contributed by atoms with Gasteiger partial charge >= 0.3 is 0 Å². The number of benzene rings is 3. The predicted octanol–water partition coefficient (Wildman–Crippen LogP) is 5.33. The van der Waals surface area contributed by atoms with Gasteiger partial charge in [-0.2, -0.15) is 0 Å². The Hall–Kier alpha value is -3.08. The van der Waals surface area contributed by atoms with Gasteiger partial charge in [-0.3, -0.25) is 4.79 Å². The van der Waals surface area contributed by atoms with Gasteiger partial charge in [-0.15, -0.1) is 0 Å². The molecule has 4 nitrogen and oxygen atoms in total. The molecule has 3 aromatic carbocycles. The first-order chi connectivity index (χ1) is 14.0. The van der Waals surface area contributed by atoms with Crippen LogP contribution in [0, 0.1) is 0 Å². The molecule has 29 heavy (non-hydrogen) atoms. The summed E-state index contributed by atoms with van der Waals surface area (Å²) in [6.07, 6.45) is 0. The smallest absolute Gasteiger partial charge is 0.258 e. The molecule has 1 aliphatic heterocycles. The van der Waals surface area contributed by atoms with E-state index < -0.39 is 0 Å². The molecule has 0 spiro atoms. The average molecular weight is 404 g/mol. The minimum Gasteiger partial charge on any atom is -0.354 e. The Morgan fingerprint density at radius 3 is 2.41 bits per heavy atom. The van der Waals surface area contributed by atoms with Gasteiger partial charge in [-0.05, 0) is 49.5 Å². The van der Waals surface area contributed by atoms with E-state index in [-0.39, 0.29) is 5.91 Å². The molecule has 0 saturated carbocycles. The van der Waals surface area contributed by atoms with Crippen molar-refractivity contribution in [3.8, 4) is 0 Å². The molecule has 0 aromatic heterocycles. The summed E-state index contributed by atoms with van der Waals surface area (Å²) in [5.74, 6) is -0.141. The normalized spacial score (nSPS) is 14.6. The largest absolute Gasteiger partial charge is 0.354 e. The van der Waals surface area contributed by atoms with Gasteiger partial charge in [0.25, 0.3) is 5.91 Å². The van der Waals surface area contributed by atoms with Gasteiger partial charge in [0.2, 0.25) is 0 Å². The molecular weight excluding hydrogens is 382 g/mol. The number of halogens is 1. The van der Waals surface area contributed by atoms with Gasteiger partial charge in [0.1, 0.15) is 0 Å². The minimum atomic E-state index is -0.141. The Balaban J connectivity index is 1.78. The number of carbonyl (C=O) groups is 1. The van der Waals surface area contributed by atoms with E-state index in [1.54, 1.807) is 12.1 Å². The second-order valence-electron chi connectivity index (χ2n) is 7.32. The van der Waals surface area contributed by atoms with Crippen LogP contribution in [0.4, 0.5) is 11.4 Å². The number of carbonyl (C=O) groups excluding carboxylic acids is 1. The first-order valence-corrected chi connectivity index (χ1v) is 9.81. The van der Waals surface area contributed by atoms with Crippen LogP contribution in [0.3, 0.4) is 0 Å². The van der Waals surface area contributed by atoms with Gasteiger partial charge in [0.05, 0.1) is 17.0 Å². The molecule has 0 aliphatic carbocycles. The molecule has 0 atom stereocenters. The van der Waals surface area contributed by atoms with E-state index in [4.69, 9.17) is 11.6 Å². The van der Waals surface area contributed by atoms with E-state index in [9.17, 15) is 4.79 Å². The fourth-order valence-electron chi connectivity index (χ4n) is 3.48. The summed E-state index contributed by atoms with van der Waals surface area (Å²) in [6, 6.07) is 23.6. The molecule has 0 saturated heterocycles. The van der Waals surface area contributed by atoms with Crippen LogP contribution in [-0.4, -0.2) is 24.9 Å². The highest BCUT2D eigenvalue weighted by Gasteiger charge is 2.28. The molecule has 1 aliphatic rings. The summed E-state index contributed by atoms with van der Waals surface area (Å²) in [4.78, 5) is 15.0. The predicted molar refractivity (Wildman–Crippen MR) is 121 cm³/mol. The Morgan fingerprint density at radius 1 is 1.00 bits per heavy atom. The quantitative estimate of drug-likeness (QED) is 0.565. The van der Waals surface area contributed by atoms with Crippen molar-refractivity contribution in [2.45, 2.75) is 6.54 Å². The number of hydrogen-bond donors (Lipinski definition) is 2. The van der Waals surface area contributed by atoms with Gasteiger partial charge in [0, 0.05) is 22.8 Å².